The minimum absolute atomic E-state index is 0.0640. The first-order chi connectivity index (χ1) is 13.4. The molecular weight excluding hydrogens is 383 g/mol. The van der Waals surface area contributed by atoms with Crippen LogP contribution >= 0.6 is 11.6 Å². The molecule has 7 heteroatoms. The minimum Gasteiger partial charge on any atom is -0.489 e. The lowest BCUT2D eigenvalue weighted by Gasteiger charge is -2.19. The van der Waals surface area contributed by atoms with Crippen LogP contribution in [0.25, 0.3) is 0 Å². The number of carbonyl (C=O) groups excluding carboxylic acids is 1. The van der Waals surface area contributed by atoms with Crippen LogP contribution < -0.4 is 4.74 Å². The fourth-order valence-corrected chi connectivity index (χ4v) is 3.02. The summed E-state index contributed by atoms with van der Waals surface area (Å²) in [5.74, 6) is 0.542. The van der Waals surface area contributed by atoms with Crippen LogP contribution in [0.4, 0.5) is 4.39 Å². The monoisotopic (exact) mass is 402 g/mol. The van der Waals surface area contributed by atoms with Crippen molar-refractivity contribution in [1.29, 1.82) is 0 Å². The molecule has 3 rings (SSSR count). The van der Waals surface area contributed by atoms with Crippen LogP contribution in [0, 0.1) is 19.7 Å². The smallest absolute Gasteiger partial charge is 0.254 e. The highest BCUT2D eigenvalue weighted by Crippen LogP contribution is 2.22. The van der Waals surface area contributed by atoms with Crippen LogP contribution in [0.15, 0.2) is 47.0 Å². The summed E-state index contributed by atoms with van der Waals surface area (Å²) in [6.45, 7) is 4.02. The number of benzene rings is 2. The number of hydrogen-bond acceptors (Lipinski definition) is 4. The van der Waals surface area contributed by atoms with Gasteiger partial charge in [-0.25, -0.2) is 4.39 Å². The van der Waals surface area contributed by atoms with Crippen molar-refractivity contribution in [2.45, 2.75) is 27.0 Å². The van der Waals surface area contributed by atoms with Crippen molar-refractivity contribution in [3.05, 3.63) is 81.4 Å². The van der Waals surface area contributed by atoms with Crippen molar-refractivity contribution in [3.63, 3.8) is 0 Å². The molecular formula is C21H20ClFN2O3. The van der Waals surface area contributed by atoms with Gasteiger partial charge in [0.1, 0.15) is 23.9 Å². The Balaban J connectivity index is 1.71. The Labute approximate surface area is 167 Å². The van der Waals surface area contributed by atoms with Crippen LogP contribution in [0.1, 0.15) is 32.9 Å². The zero-order valence-corrected chi connectivity index (χ0v) is 16.6. The van der Waals surface area contributed by atoms with Crippen molar-refractivity contribution in [3.8, 4) is 5.75 Å². The maximum Gasteiger partial charge on any atom is 0.254 e. The molecule has 0 bridgehead atoms. The number of aromatic nitrogens is 1. The average molecular weight is 403 g/mol. The van der Waals surface area contributed by atoms with E-state index in [1.54, 1.807) is 37.4 Å². The van der Waals surface area contributed by atoms with Gasteiger partial charge < -0.3 is 14.2 Å². The molecule has 2 aromatic carbocycles. The maximum absolute atomic E-state index is 14.0. The molecule has 0 spiro atoms. The van der Waals surface area contributed by atoms with Gasteiger partial charge in [0.2, 0.25) is 0 Å². The van der Waals surface area contributed by atoms with Gasteiger partial charge in [0.25, 0.3) is 5.91 Å². The molecule has 3 aromatic rings. The second-order valence-corrected chi connectivity index (χ2v) is 6.89. The number of rotatable bonds is 6. The largest absolute Gasteiger partial charge is 0.489 e. The first-order valence-corrected chi connectivity index (χ1v) is 9.07. The van der Waals surface area contributed by atoms with Gasteiger partial charge in [-0.05, 0) is 44.2 Å². The molecule has 0 aliphatic heterocycles. The Bertz CT molecular complexity index is 963. The van der Waals surface area contributed by atoms with E-state index in [0.29, 0.717) is 23.7 Å². The normalized spacial score (nSPS) is 10.8. The molecule has 0 saturated carbocycles. The Kier molecular flexibility index (Phi) is 5.99. The van der Waals surface area contributed by atoms with Crippen LogP contribution in [0.3, 0.4) is 0 Å². The maximum atomic E-state index is 14.0. The summed E-state index contributed by atoms with van der Waals surface area (Å²) in [4.78, 5) is 14.2. The highest BCUT2D eigenvalue weighted by Gasteiger charge is 2.17. The number of carbonyl (C=O) groups is 1. The van der Waals surface area contributed by atoms with Crippen molar-refractivity contribution in [2.24, 2.45) is 0 Å². The van der Waals surface area contributed by atoms with Gasteiger partial charge in [-0.3, -0.25) is 4.79 Å². The fourth-order valence-electron chi connectivity index (χ4n) is 2.80. The van der Waals surface area contributed by atoms with E-state index in [1.807, 2.05) is 13.8 Å². The average Bonchev–Trinajstić information content (AvgIpc) is 3.00. The lowest BCUT2D eigenvalue weighted by atomic mass is 10.1. The number of amides is 1. The first kappa shape index (κ1) is 19.9. The van der Waals surface area contributed by atoms with Crippen LogP contribution in [-0.2, 0) is 13.2 Å². The van der Waals surface area contributed by atoms with Crippen molar-refractivity contribution >= 4 is 17.5 Å². The highest BCUT2D eigenvalue weighted by molar-refractivity contribution is 6.31. The molecule has 146 valence electrons. The Morgan fingerprint density at radius 1 is 1.21 bits per heavy atom. The number of nitrogens with zero attached hydrogens (tertiary/aromatic N) is 2. The van der Waals surface area contributed by atoms with E-state index < -0.39 is 5.82 Å². The van der Waals surface area contributed by atoms with E-state index in [9.17, 15) is 9.18 Å². The summed E-state index contributed by atoms with van der Waals surface area (Å²) in [6, 6.07) is 11.3. The number of ether oxygens (including phenoxy) is 1. The summed E-state index contributed by atoms with van der Waals surface area (Å²) in [6.07, 6.45) is 0. The van der Waals surface area contributed by atoms with Crippen LogP contribution in [0.2, 0.25) is 5.02 Å². The second kappa shape index (κ2) is 8.44. The molecule has 0 aliphatic carbocycles. The molecule has 0 unspecified atom stereocenters. The molecule has 28 heavy (non-hydrogen) atoms. The van der Waals surface area contributed by atoms with Gasteiger partial charge in [0.15, 0.2) is 0 Å². The second-order valence-electron chi connectivity index (χ2n) is 6.48. The summed E-state index contributed by atoms with van der Waals surface area (Å²) in [7, 11) is 1.60. The summed E-state index contributed by atoms with van der Waals surface area (Å²) in [5, 5.41) is 4.18. The Hall–Kier alpha value is -2.86. The first-order valence-electron chi connectivity index (χ1n) is 8.69. The SMILES string of the molecule is Cc1noc(C)c1COc1cccc(C(=O)N(C)Cc2c(F)cccc2Cl)c1. The number of halogens is 2. The van der Waals surface area contributed by atoms with E-state index >= 15 is 0 Å². The molecule has 0 saturated heterocycles. The lowest BCUT2D eigenvalue weighted by molar-refractivity contribution is 0.0783. The van der Waals surface area contributed by atoms with Crippen molar-refractivity contribution < 1.29 is 18.4 Å². The third-order valence-corrected chi connectivity index (χ3v) is 4.80. The summed E-state index contributed by atoms with van der Waals surface area (Å²) < 4.78 is 24.9. The quantitative estimate of drug-likeness (QED) is 0.586. The van der Waals surface area contributed by atoms with Crippen molar-refractivity contribution in [1.82, 2.24) is 10.1 Å². The van der Waals surface area contributed by atoms with E-state index in [0.717, 1.165) is 11.3 Å². The molecule has 0 radical (unpaired) electrons. The van der Waals surface area contributed by atoms with E-state index in [1.165, 1.54) is 17.0 Å². The van der Waals surface area contributed by atoms with Gasteiger partial charge in [0.05, 0.1) is 11.3 Å². The summed E-state index contributed by atoms with van der Waals surface area (Å²) >= 11 is 6.05. The minimum atomic E-state index is -0.441. The molecule has 0 aliphatic rings. The predicted molar refractivity (Wildman–Crippen MR) is 104 cm³/mol. The number of hydrogen-bond donors (Lipinski definition) is 0. The van der Waals surface area contributed by atoms with Gasteiger partial charge in [-0.2, -0.15) is 0 Å². The molecule has 0 fully saturated rings. The zero-order valence-electron chi connectivity index (χ0n) is 15.8. The molecule has 1 amide bonds. The highest BCUT2D eigenvalue weighted by atomic mass is 35.5. The third kappa shape index (κ3) is 4.34. The number of aryl methyl sites for hydroxylation is 2. The predicted octanol–water partition coefficient (Wildman–Crippen LogP) is 4.94. The molecule has 1 heterocycles. The molecule has 0 atom stereocenters. The van der Waals surface area contributed by atoms with E-state index in [2.05, 4.69) is 5.16 Å². The molecule has 5 nitrogen and oxygen atoms in total. The van der Waals surface area contributed by atoms with Gasteiger partial charge in [-0.1, -0.05) is 28.9 Å². The van der Waals surface area contributed by atoms with Crippen molar-refractivity contribution in [2.75, 3.05) is 7.05 Å². The molecule has 0 N–H and O–H groups in total. The van der Waals surface area contributed by atoms with Gasteiger partial charge in [-0.15, -0.1) is 0 Å². The van der Waals surface area contributed by atoms with Crippen LogP contribution in [0.5, 0.6) is 5.75 Å². The van der Waals surface area contributed by atoms with Gasteiger partial charge in [0, 0.05) is 29.7 Å². The third-order valence-electron chi connectivity index (χ3n) is 4.45. The Morgan fingerprint density at radius 3 is 2.64 bits per heavy atom. The standard InChI is InChI=1S/C21H20ClFN2O3/c1-13-18(14(2)28-24-13)12-27-16-7-4-6-15(10-16)21(26)25(3)11-17-19(22)8-5-9-20(17)23/h4-10H,11-12H2,1-3H3. The van der Waals surface area contributed by atoms with Crippen LogP contribution in [-0.4, -0.2) is 23.0 Å². The van der Waals surface area contributed by atoms with E-state index in [4.69, 9.17) is 20.9 Å². The fraction of sp³-hybridized carbons (Fsp3) is 0.238. The Morgan fingerprint density at radius 2 is 1.96 bits per heavy atom. The molecule has 1 aromatic heterocycles. The summed E-state index contributed by atoms with van der Waals surface area (Å²) in [5.41, 5.74) is 2.37. The topological polar surface area (TPSA) is 55.6 Å². The zero-order chi connectivity index (χ0) is 20.3. The lowest BCUT2D eigenvalue weighted by Crippen LogP contribution is -2.26. The van der Waals surface area contributed by atoms with E-state index in [-0.39, 0.29) is 23.0 Å². The van der Waals surface area contributed by atoms with Gasteiger partial charge >= 0.3 is 0 Å².